The van der Waals surface area contributed by atoms with Crippen LogP contribution < -0.4 is 15.6 Å². The number of benzene rings is 1. The number of carboxylic acids is 1. The molecule has 2 N–H and O–H groups in total. The Morgan fingerprint density at radius 3 is 2.76 bits per heavy atom. The van der Waals surface area contributed by atoms with Crippen LogP contribution in [0.2, 0.25) is 5.02 Å². The molecule has 2 aromatic rings. The van der Waals surface area contributed by atoms with Gasteiger partial charge in [-0.25, -0.2) is 9.18 Å². The maximum Gasteiger partial charge on any atom is 0.341 e. The molecule has 1 aromatic heterocycles. The fourth-order valence-electron chi connectivity index (χ4n) is 4.40. The maximum absolute atomic E-state index is 15.1. The molecule has 2 fully saturated rings. The average Bonchev–Trinajstić information content (AvgIpc) is 3.40. The molecule has 2 heterocycles. The number of aromatic nitrogens is 1. The summed E-state index contributed by atoms with van der Waals surface area (Å²) in [7, 11) is 0. The van der Waals surface area contributed by atoms with Gasteiger partial charge in [0.25, 0.3) is 0 Å². The molecule has 2 aliphatic rings. The molecule has 6 nitrogen and oxygen atoms in total. The Morgan fingerprint density at radius 2 is 2.14 bits per heavy atom. The van der Waals surface area contributed by atoms with Crippen molar-refractivity contribution in [1.29, 1.82) is 0 Å². The van der Waals surface area contributed by atoms with E-state index in [1.54, 1.807) is 4.57 Å². The third-order valence-corrected chi connectivity index (χ3v) is 6.49. The van der Waals surface area contributed by atoms with Gasteiger partial charge in [0.1, 0.15) is 11.4 Å². The molecule has 4 rings (SSSR count). The van der Waals surface area contributed by atoms with Crippen LogP contribution in [-0.4, -0.2) is 41.3 Å². The van der Waals surface area contributed by atoms with E-state index in [0.717, 1.165) is 31.9 Å². The summed E-state index contributed by atoms with van der Waals surface area (Å²) in [5, 5.41) is 13.0. The standard InChI is InChI=1S/C21H25ClFN3O3/c1-3-24-11(2)12-6-7-25(9-12)19-16(23)8-14-18(17(19)22)26(13-4-5-13)10-15(20(14)27)21(28)29/h8,10-13,24H,3-7,9H2,1-2H3,(H,28,29). The predicted molar refractivity (Wildman–Crippen MR) is 112 cm³/mol. The van der Waals surface area contributed by atoms with Gasteiger partial charge in [-0.15, -0.1) is 0 Å². The number of rotatable bonds is 6. The summed E-state index contributed by atoms with van der Waals surface area (Å²) >= 11 is 6.69. The zero-order valence-corrected chi connectivity index (χ0v) is 17.3. The van der Waals surface area contributed by atoms with E-state index in [2.05, 4.69) is 19.2 Å². The van der Waals surface area contributed by atoms with Crippen molar-refractivity contribution in [3.05, 3.63) is 38.9 Å². The van der Waals surface area contributed by atoms with E-state index >= 15 is 4.39 Å². The minimum atomic E-state index is -1.31. The Morgan fingerprint density at radius 1 is 1.41 bits per heavy atom. The second-order valence-electron chi connectivity index (χ2n) is 8.07. The van der Waals surface area contributed by atoms with Crippen molar-refractivity contribution in [3.63, 3.8) is 0 Å². The molecule has 0 bridgehead atoms. The number of carbonyl (C=O) groups is 1. The monoisotopic (exact) mass is 421 g/mol. The summed E-state index contributed by atoms with van der Waals surface area (Å²) in [6, 6.07) is 1.56. The molecular weight excluding hydrogens is 397 g/mol. The van der Waals surface area contributed by atoms with E-state index in [4.69, 9.17) is 11.6 Å². The van der Waals surface area contributed by atoms with Crippen LogP contribution in [-0.2, 0) is 0 Å². The minimum Gasteiger partial charge on any atom is -0.477 e. The maximum atomic E-state index is 15.1. The Hall–Kier alpha value is -2.12. The fourth-order valence-corrected chi connectivity index (χ4v) is 4.81. The van der Waals surface area contributed by atoms with Gasteiger partial charge in [-0.05, 0) is 44.7 Å². The van der Waals surface area contributed by atoms with Crippen molar-refractivity contribution < 1.29 is 14.3 Å². The van der Waals surface area contributed by atoms with Gasteiger partial charge in [-0.3, -0.25) is 4.79 Å². The van der Waals surface area contributed by atoms with Gasteiger partial charge in [0.2, 0.25) is 5.43 Å². The number of nitrogens with one attached hydrogen (secondary N) is 1. The van der Waals surface area contributed by atoms with Gasteiger partial charge in [0.05, 0.1) is 21.6 Å². The molecule has 2 unspecified atom stereocenters. The van der Waals surface area contributed by atoms with Gasteiger partial charge in [0, 0.05) is 31.4 Å². The van der Waals surface area contributed by atoms with E-state index in [1.165, 1.54) is 6.20 Å². The number of hydrogen-bond donors (Lipinski definition) is 2. The normalized spacial score (nSPS) is 20.4. The Kier molecular flexibility index (Phi) is 5.29. The molecule has 29 heavy (non-hydrogen) atoms. The number of halogens is 2. The third kappa shape index (κ3) is 3.51. The lowest BCUT2D eigenvalue weighted by Gasteiger charge is -2.25. The molecule has 156 valence electrons. The second kappa shape index (κ2) is 7.61. The minimum absolute atomic E-state index is 0.0276. The number of hydrogen-bond acceptors (Lipinski definition) is 4. The van der Waals surface area contributed by atoms with Gasteiger partial charge in [-0.1, -0.05) is 18.5 Å². The third-order valence-electron chi connectivity index (χ3n) is 6.13. The molecule has 0 spiro atoms. The predicted octanol–water partition coefficient (Wildman–Crippen LogP) is 3.65. The van der Waals surface area contributed by atoms with E-state index in [0.29, 0.717) is 36.3 Å². The molecule has 0 radical (unpaired) electrons. The van der Waals surface area contributed by atoms with Crippen LogP contribution >= 0.6 is 11.6 Å². The first kappa shape index (κ1) is 20.2. The van der Waals surface area contributed by atoms with E-state index in [-0.39, 0.29) is 22.0 Å². The molecular formula is C21H25ClFN3O3. The lowest BCUT2D eigenvalue weighted by atomic mass is 10.0. The van der Waals surface area contributed by atoms with Crippen LogP contribution in [0.5, 0.6) is 0 Å². The van der Waals surface area contributed by atoms with Crippen molar-refractivity contribution in [2.24, 2.45) is 5.92 Å². The van der Waals surface area contributed by atoms with E-state index < -0.39 is 17.2 Å². The second-order valence-corrected chi connectivity index (χ2v) is 8.45. The topological polar surface area (TPSA) is 74.6 Å². The zero-order valence-electron chi connectivity index (χ0n) is 16.5. The largest absolute Gasteiger partial charge is 0.477 e. The molecule has 1 aliphatic carbocycles. The number of nitrogens with zero attached hydrogens (tertiary/aromatic N) is 2. The van der Waals surface area contributed by atoms with Gasteiger partial charge < -0.3 is 19.9 Å². The van der Waals surface area contributed by atoms with Crippen molar-refractivity contribution in [1.82, 2.24) is 9.88 Å². The summed E-state index contributed by atoms with van der Waals surface area (Å²) in [5.41, 5.74) is -0.309. The quantitative estimate of drug-likeness (QED) is 0.744. The summed E-state index contributed by atoms with van der Waals surface area (Å²) in [4.78, 5) is 26.1. The molecule has 8 heteroatoms. The first-order valence-corrected chi connectivity index (χ1v) is 10.5. The molecule has 1 aliphatic heterocycles. The first-order valence-electron chi connectivity index (χ1n) is 10.1. The smallest absolute Gasteiger partial charge is 0.341 e. The SMILES string of the molecule is CCNC(C)C1CCN(c2c(F)cc3c(=O)c(C(=O)O)cn(C4CC4)c3c2Cl)C1. The summed E-state index contributed by atoms with van der Waals surface area (Å²) < 4.78 is 16.9. The summed E-state index contributed by atoms with van der Waals surface area (Å²) in [6.45, 7) is 6.43. The highest BCUT2D eigenvalue weighted by Crippen LogP contribution is 2.43. The van der Waals surface area contributed by atoms with Gasteiger partial charge in [-0.2, -0.15) is 0 Å². The lowest BCUT2D eigenvalue weighted by Crippen LogP contribution is -2.35. The zero-order chi connectivity index (χ0) is 20.9. The van der Waals surface area contributed by atoms with Crippen LogP contribution in [0.3, 0.4) is 0 Å². The van der Waals surface area contributed by atoms with Crippen LogP contribution in [0.1, 0.15) is 49.5 Å². The summed E-state index contributed by atoms with van der Waals surface area (Å²) in [5.74, 6) is -1.52. The van der Waals surface area contributed by atoms with Crippen LogP contribution in [0, 0.1) is 11.7 Å². The highest BCUT2D eigenvalue weighted by molar-refractivity contribution is 6.38. The molecule has 0 amide bonds. The van der Waals surface area contributed by atoms with E-state index in [1.807, 2.05) is 4.90 Å². The van der Waals surface area contributed by atoms with Crippen LogP contribution in [0.25, 0.3) is 10.9 Å². The lowest BCUT2D eigenvalue weighted by molar-refractivity contribution is 0.0695. The van der Waals surface area contributed by atoms with Crippen molar-refractivity contribution >= 4 is 34.2 Å². The van der Waals surface area contributed by atoms with Gasteiger partial charge >= 0.3 is 5.97 Å². The van der Waals surface area contributed by atoms with Gasteiger partial charge in [0.15, 0.2) is 0 Å². The number of fused-ring (bicyclic) bond motifs is 1. The highest BCUT2D eigenvalue weighted by Gasteiger charge is 2.33. The molecule has 1 aromatic carbocycles. The molecule has 2 atom stereocenters. The fraction of sp³-hybridized carbons (Fsp3) is 0.524. The highest BCUT2D eigenvalue weighted by atomic mass is 35.5. The number of anilines is 1. The Labute approximate surface area is 173 Å². The van der Waals surface area contributed by atoms with Crippen molar-refractivity contribution in [2.45, 2.75) is 45.2 Å². The van der Waals surface area contributed by atoms with E-state index in [9.17, 15) is 14.7 Å². The number of pyridine rings is 1. The van der Waals surface area contributed by atoms with Crippen molar-refractivity contribution in [2.75, 3.05) is 24.5 Å². The summed E-state index contributed by atoms with van der Waals surface area (Å²) in [6.07, 6.45) is 4.05. The molecule has 1 saturated heterocycles. The van der Waals surface area contributed by atoms with Crippen LogP contribution in [0.4, 0.5) is 10.1 Å². The number of carboxylic acid groups (broad SMARTS) is 1. The van der Waals surface area contributed by atoms with Crippen LogP contribution in [0.15, 0.2) is 17.1 Å². The Bertz CT molecular complexity index is 1030. The average molecular weight is 422 g/mol. The van der Waals surface area contributed by atoms with Crippen molar-refractivity contribution in [3.8, 4) is 0 Å². The Balaban J connectivity index is 1.83. The number of aromatic carboxylic acids is 1. The molecule has 1 saturated carbocycles. The first-order chi connectivity index (χ1) is 13.8.